The van der Waals surface area contributed by atoms with Crippen molar-refractivity contribution in [2.45, 2.75) is 44.9 Å². The molecular formula is C17H23N3O. The Bertz CT molecular complexity index is 560. The van der Waals surface area contributed by atoms with Gasteiger partial charge in [0.15, 0.2) is 0 Å². The maximum absolute atomic E-state index is 5.76. The quantitative estimate of drug-likeness (QED) is 0.937. The van der Waals surface area contributed by atoms with E-state index in [4.69, 9.17) is 4.74 Å². The van der Waals surface area contributed by atoms with Crippen LogP contribution in [0.1, 0.15) is 32.3 Å². The van der Waals surface area contributed by atoms with Gasteiger partial charge in [-0.25, -0.2) is 0 Å². The molecule has 0 spiro atoms. The summed E-state index contributed by atoms with van der Waals surface area (Å²) in [5, 5.41) is 7.85. The van der Waals surface area contributed by atoms with Gasteiger partial charge in [0.05, 0.1) is 12.1 Å². The lowest BCUT2D eigenvalue weighted by molar-refractivity contribution is -0.0553. The van der Waals surface area contributed by atoms with Gasteiger partial charge in [-0.2, -0.15) is 5.10 Å². The normalized spacial score (nSPS) is 21.1. The van der Waals surface area contributed by atoms with Crippen molar-refractivity contribution >= 4 is 5.69 Å². The largest absolute Gasteiger partial charge is 0.382 e. The summed E-state index contributed by atoms with van der Waals surface area (Å²) >= 11 is 0. The number of rotatable bonds is 4. The van der Waals surface area contributed by atoms with E-state index in [9.17, 15) is 0 Å². The molecule has 0 bridgehead atoms. The molecule has 1 aliphatic heterocycles. The standard InChI is InChI=1S/C17H23N3O/c1-17(2)12-16(8-11-21-17)19-15-6-4-14(5-7-15)13-20-10-3-9-18-20/h3-7,9-10,16,19H,8,11-13H2,1-2H3. The lowest BCUT2D eigenvalue weighted by atomic mass is 9.94. The van der Waals surface area contributed by atoms with Crippen molar-refractivity contribution in [1.82, 2.24) is 9.78 Å². The Hall–Kier alpha value is -1.81. The van der Waals surface area contributed by atoms with Crippen LogP contribution in [-0.2, 0) is 11.3 Å². The predicted octanol–water partition coefficient (Wildman–Crippen LogP) is 3.30. The average molecular weight is 285 g/mol. The van der Waals surface area contributed by atoms with E-state index >= 15 is 0 Å². The maximum Gasteiger partial charge on any atom is 0.0659 e. The van der Waals surface area contributed by atoms with Crippen LogP contribution in [-0.4, -0.2) is 28.0 Å². The van der Waals surface area contributed by atoms with Crippen molar-refractivity contribution in [3.8, 4) is 0 Å². The number of anilines is 1. The molecule has 1 saturated heterocycles. The summed E-state index contributed by atoms with van der Waals surface area (Å²) in [6, 6.07) is 11.1. The Labute approximate surface area is 126 Å². The van der Waals surface area contributed by atoms with Gasteiger partial charge in [0.25, 0.3) is 0 Å². The summed E-state index contributed by atoms with van der Waals surface area (Å²) in [5.41, 5.74) is 2.43. The minimum absolute atomic E-state index is 0.0179. The van der Waals surface area contributed by atoms with Crippen molar-refractivity contribution in [1.29, 1.82) is 0 Å². The van der Waals surface area contributed by atoms with Gasteiger partial charge >= 0.3 is 0 Å². The van der Waals surface area contributed by atoms with Crippen molar-refractivity contribution in [3.63, 3.8) is 0 Å². The highest BCUT2D eigenvalue weighted by molar-refractivity contribution is 5.45. The molecule has 1 atom stereocenters. The monoisotopic (exact) mass is 285 g/mol. The minimum Gasteiger partial charge on any atom is -0.382 e. The van der Waals surface area contributed by atoms with E-state index in [2.05, 4.69) is 48.5 Å². The molecule has 0 saturated carbocycles. The summed E-state index contributed by atoms with van der Waals surface area (Å²) in [5.74, 6) is 0. The second-order valence-electron chi connectivity index (χ2n) is 6.34. The third-order valence-electron chi connectivity index (χ3n) is 3.93. The molecule has 0 amide bonds. The molecule has 112 valence electrons. The van der Waals surface area contributed by atoms with E-state index in [0.717, 1.165) is 26.0 Å². The molecule has 1 fully saturated rings. The zero-order chi connectivity index (χ0) is 14.7. The van der Waals surface area contributed by atoms with Crippen molar-refractivity contribution in [3.05, 3.63) is 48.3 Å². The first-order valence-electron chi connectivity index (χ1n) is 7.58. The number of hydrogen-bond acceptors (Lipinski definition) is 3. The lowest BCUT2D eigenvalue weighted by Gasteiger charge is -2.36. The summed E-state index contributed by atoms with van der Waals surface area (Å²) in [6.45, 7) is 5.97. The van der Waals surface area contributed by atoms with Crippen molar-refractivity contribution in [2.75, 3.05) is 11.9 Å². The summed E-state index contributed by atoms with van der Waals surface area (Å²) in [4.78, 5) is 0. The Balaban J connectivity index is 1.59. The molecule has 1 aromatic carbocycles. The van der Waals surface area contributed by atoms with E-state index in [1.807, 2.05) is 23.1 Å². The highest BCUT2D eigenvalue weighted by Crippen LogP contribution is 2.26. The smallest absolute Gasteiger partial charge is 0.0659 e. The van der Waals surface area contributed by atoms with Gasteiger partial charge in [-0.1, -0.05) is 12.1 Å². The summed E-state index contributed by atoms with van der Waals surface area (Å²) < 4.78 is 7.70. The Kier molecular flexibility index (Phi) is 3.97. The molecule has 3 rings (SSSR count). The first kappa shape index (κ1) is 14.1. The molecular weight excluding hydrogens is 262 g/mol. The van der Waals surface area contributed by atoms with E-state index in [1.165, 1.54) is 11.3 Å². The molecule has 21 heavy (non-hydrogen) atoms. The zero-order valence-corrected chi connectivity index (χ0v) is 12.7. The van der Waals surface area contributed by atoms with Gasteiger partial charge < -0.3 is 10.1 Å². The highest BCUT2D eigenvalue weighted by atomic mass is 16.5. The fourth-order valence-corrected chi connectivity index (χ4v) is 2.88. The zero-order valence-electron chi connectivity index (χ0n) is 12.7. The SMILES string of the molecule is CC1(C)CC(Nc2ccc(Cn3cccn3)cc2)CCO1. The molecule has 4 nitrogen and oxygen atoms in total. The molecule has 1 aliphatic rings. The van der Waals surface area contributed by atoms with Crippen LogP contribution in [0.25, 0.3) is 0 Å². The first-order valence-corrected chi connectivity index (χ1v) is 7.58. The van der Waals surface area contributed by atoms with Crippen LogP contribution < -0.4 is 5.32 Å². The second kappa shape index (κ2) is 5.90. The van der Waals surface area contributed by atoms with Gasteiger partial charge in [-0.15, -0.1) is 0 Å². The molecule has 2 heterocycles. The molecule has 4 heteroatoms. The number of ether oxygens (including phenoxy) is 1. The second-order valence-corrected chi connectivity index (χ2v) is 6.34. The Morgan fingerprint density at radius 2 is 2.14 bits per heavy atom. The van der Waals surface area contributed by atoms with Crippen LogP contribution in [0.4, 0.5) is 5.69 Å². The number of aromatic nitrogens is 2. The Morgan fingerprint density at radius 3 is 2.81 bits per heavy atom. The Morgan fingerprint density at radius 1 is 1.33 bits per heavy atom. The molecule has 1 aromatic heterocycles. The van der Waals surface area contributed by atoms with Gasteiger partial charge in [0, 0.05) is 30.7 Å². The average Bonchev–Trinajstić information content (AvgIpc) is 2.93. The third-order valence-corrected chi connectivity index (χ3v) is 3.93. The van der Waals surface area contributed by atoms with Crippen LogP contribution in [0.5, 0.6) is 0 Å². The summed E-state index contributed by atoms with van der Waals surface area (Å²) in [7, 11) is 0. The minimum atomic E-state index is -0.0179. The molecule has 1 N–H and O–H groups in total. The number of nitrogens with one attached hydrogen (secondary N) is 1. The summed E-state index contributed by atoms with van der Waals surface area (Å²) in [6.07, 6.45) is 5.90. The van der Waals surface area contributed by atoms with E-state index in [1.54, 1.807) is 0 Å². The van der Waals surface area contributed by atoms with E-state index in [0.29, 0.717) is 6.04 Å². The van der Waals surface area contributed by atoms with Gasteiger partial charge in [0.1, 0.15) is 0 Å². The molecule has 0 radical (unpaired) electrons. The van der Waals surface area contributed by atoms with Gasteiger partial charge in [-0.3, -0.25) is 4.68 Å². The van der Waals surface area contributed by atoms with Crippen LogP contribution in [0.2, 0.25) is 0 Å². The number of hydrogen-bond donors (Lipinski definition) is 1. The molecule has 1 unspecified atom stereocenters. The van der Waals surface area contributed by atoms with Crippen LogP contribution in [0, 0.1) is 0 Å². The first-order chi connectivity index (χ1) is 10.1. The van der Waals surface area contributed by atoms with Crippen LogP contribution in [0.3, 0.4) is 0 Å². The van der Waals surface area contributed by atoms with Gasteiger partial charge in [-0.05, 0) is 50.5 Å². The molecule has 0 aliphatic carbocycles. The predicted molar refractivity (Wildman–Crippen MR) is 84.4 cm³/mol. The van der Waals surface area contributed by atoms with Crippen molar-refractivity contribution < 1.29 is 4.74 Å². The number of benzene rings is 1. The van der Waals surface area contributed by atoms with E-state index < -0.39 is 0 Å². The maximum atomic E-state index is 5.76. The van der Waals surface area contributed by atoms with Crippen molar-refractivity contribution in [2.24, 2.45) is 0 Å². The van der Waals surface area contributed by atoms with Gasteiger partial charge in [0.2, 0.25) is 0 Å². The lowest BCUT2D eigenvalue weighted by Crippen LogP contribution is -2.40. The van der Waals surface area contributed by atoms with E-state index in [-0.39, 0.29) is 5.60 Å². The fourth-order valence-electron chi connectivity index (χ4n) is 2.88. The highest BCUT2D eigenvalue weighted by Gasteiger charge is 2.28. The van der Waals surface area contributed by atoms with Crippen LogP contribution >= 0.6 is 0 Å². The topological polar surface area (TPSA) is 39.1 Å². The molecule has 2 aromatic rings. The number of nitrogens with zero attached hydrogens (tertiary/aromatic N) is 2. The fraction of sp³-hybridized carbons (Fsp3) is 0.471. The van der Waals surface area contributed by atoms with Crippen LogP contribution in [0.15, 0.2) is 42.7 Å². The third kappa shape index (κ3) is 3.85.